The van der Waals surface area contributed by atoms with Crippen LogP contribution >= 0.6 is 23.4 Å². The third kappa shape index (κ3) is 4.26. The van der Waals surface area contributed by atoms with E-state index in [0.717, 1.165) is 0 Å². The van der Waals surface area contributed by atoms with Gasteiger partial charge in [-0.1, -0.05) is 11.6 Å². The monoisotopic (exact) mass is 343 g/mol. The van der Waals surface area contributed by atoms with Gasteiger partial charge in [-0.2, -0.15) is 5.26 Å². The highest BCUT2D eigenvalue weighted by Crippen LogP contribution is 2.34. The van der Waals surface area contributed by atoms with Gasteiger partial charge in [-0.15, -0.1) is 11.8 Å². The number of anilines is 2. The van der Waals surface area contributed by atoms with Gasteiger partial charge in [0.25, 0.3) is 0 Å². The van der Waals surface area contributed by atoms with Crippen LogP contribution in [0.2, 0.25) is 5.02 Å². The maximum Gasteiger partial charge on any atom is 0.234 e. The lowest BCUT2D eigenvalue weighted by Gasteiger charge is -2.31. The quantitative estimate of drug-likeness (QED) is 0.832. The average Bonchev–Trinajstić information content (AvgIpc) is 2.52. The number of carbonyl (C=O) groups excluding carboxylic acids is 1. The SMILES string of the molecule is N#CCSCC(=O)Nc1ccc(Cl)c(F)c1N1CCOCC1. The summed E-state index contributed by atoms with van der Waals surface area (Å²) in [5.41, 5.74) is 0.667. The number of ether oxygens (including phenoxy) is 1. The van der Waals surface area contributed by atoms with Crippen molar-refractivity contribution in [3.8, 4) is 6.07 Å². The predicted molar refractivity (Wildman–Crippen MR) is 86.0 cm³/mol. The predicted octanol–water partition coefficient (Wildman–Crippen LogP) is 2.51. The summed E-state index contributed by atoms with van der Waals surface area (Å²) in [5.74, 6) is -0.457. The number of carbonyl (C=O) groups is 1. The largest absolute Gasteiger partial charge is 0.378 e. The van der Waals surface area contributed by atoms with Crippen molar-refractivity contribution in [2.75, 3.05) is 48.0 Å². The molecule has 1 aromatic rings. The summed E-state index contributed by atoms with van der Waals surface area (Å²) in [6.07, 6.45) is 0. The van der Waals surface area contributed by atoms with Crippen molar-refractivity contribution < 1.29 is 13.9 Å². The number of hydrogen-bond acceptors (Lipinski definition) is 5. The molecule has 0 aromatic heterocycles. The molecule has 0 saturated carbocycles. The molecular weight excluding hydrogens is 329 g/mol. The first-order valence-corrected chi connectivity index (χ1v) is 8.22. The van der Waals surface area contributed by atoms with Gasteiger partial charge in [0.1, 0.15) is 0 Å². The second-order valence-electron chi connectivity index (χ2n) is 4.56. The number of nitrogens with zero attached hydrogens (tertiary/aromatic N) is 2. The Morgan fingerprint density at radius 2 is 2.23 bits per heavy atom. The molecule has 0 spiro atoms. The third-order valence-corrected chi connectivity index (χ3v) is 4.16. The molecule has 1 aliphatic heterocycles. The van der Waals surface area contributed by atoms with Crippen molar-refractivity contribution in [1.29, 1.82) is 5.26 Å². The minimum absolute atomic E-state index is 0.0124. The number of nitriles is 1. The zero-order valence-corrected chi connectivity index (χ0v) is 13.3. The highest BCUT2D eigenvalue weighted by molar-refractivity contribution is 8.00. The van der Waals surface area contributed by atoms with E-state index in [4.69, 9.17) is 21.6 Å². The third-order valence-electron chi connectivity index (χ3n) is 3.07. The summed E-state index contributed by atoms with van der Waals surface area (Å²) in [6, 6.07) is 4.95. The molecule has 0 bridgehead atoms. The molecule has 0 atom stereocenters. The summed E-state index contributed by atoms with van der Waals surface area (Å²) >= 11 is 7.06. The number of rotatable bonds is 5. The van der Waals surface area contributed by atoms with Crippen molar-refractivity contribution in [2.24, 2.45) is 0 Å². The van der Waals surface area contributed by atoms with E-state index in [1.54, 1.807) is 6.07 Å². The lowest BCUT2D eigenvalue weighted by Crippen LogP contribution is -2.37. The maximum atomic E-state index is 14.4. The molecule has 1 amide bonds. The fraction of sp³-hybridized carbons (Fsp3) is 0.429. The summed E-state index contributed by atoms with van der Waals surface area (Å²) in [7, 11) is 0. The van der Waals surface area contributed by atoms with Crippen LogP contribution in [-0.2, 0) is 9.53 Å². The molecule has 1 N–H and O–H groups in total. The minimum atomic E-state index is -0.550. The number of hydrogen-bond donors (Lipinski definition) is 1. The summed E-state index contributed by atoms with van der Waals surface area (Å²) in [6.45, 7) is 2.06. The Balaban J connectivity index is 2.17. The van der Waals surface area contributed by atoms with Gasteiger partial charge in [-0.05, 0) is 12.1 Å². The number of nitrogens with one attached hydrogen (secondary N) is 1. The molecule has 0 radical (unpaired) electrons. The van der Waals surface area contributed by atoms with Crippen LogP contribution in [0.5, 0.6) is 0 Å². The molecule has 0 unspecified atom stereocenters. The molecule has 1 saturated heterocycles. The molecule has 1 heterocycles. The van der Waals surface area contributed by atoms with Gasteiger partial charge in [0.2, 0.25) is 5.91 Å². The number of halogens is 2. The smallest absolute Gasteiger partial charge is 0.234 e. The van der Waals surface area contributed by atoms with Gasteiger partial charge in [0.15, 0.2) is 5.82 Å². The van der Waals surface area contributed by atoms with E-state index in [0.29, 0.717) is 32.0 Å². The van der Waals surface area contributed by atoms with E-state index in [9.17, 15) is 9.18 Å². The zero-order valence-electron chi connectivity index (χ0n) is 11.8. The highest BCUT2D eigenvalue weighted by atomic mass is 35.5. The van der Waals surface area contributed by atoms with Crippen LogP contribution in [0.25, 0.3) is 0 Å². The van der Waals surface area contributed by atoms with Gasteiger partial charge in [0, 0.05) is 13.1 Å². The van der Waals surface area contributed by atoms with Crippen LogP contribution in [0, 0.1) is 17.1 Å². The molecule has 1 aromatic carbocycles. The molecule has 22 heavy (non-hydrogen) atoms. The van der Waals surface area contributed by atoms with Crippen LogP contribution < -0.4 is 10.2 Å². The first kappa shape index (κ1) is 16.9. The van der Waals surface area contributed by atoms with Crippen LogP contribution in [0.4, 0.5) is 15.8 Å². The van der Waals surface area contributed by atoms with Crippen molar-refractivity contribution >= 4 is 40.6 Å². The van der Waals surface area contributed by atoms with E-state index >= 15 is 0 Å². The van der Waals surface area contributed by atoms with E-state index in [2.05, 4.69) is 5.32 Å². The van der Waals surface area contributed by atoms with Crippen LogP contribution in [0.1, 0.15) is 0 Å². The molecule has 1 aliphatic rings. The second kappa shape index (κ2) is 8.22. The highest BCUT2D eigenvalue weighted by Gasteiger charge is 2.22. The summed E-state index contributed by atoms with van der Waals surface area (Å²) < 4.78 is 19.6. The van der Waals surface area contributed by atoms with Gasteiger partial charge in [0.05, 0.1) is 47.2 Å². The Morgan fingerprint density at radius 1 is 1.50 bits per heavy atom. The first-order chi connectivity index (χ1) is 10.6. The maximum absolute atomic E-state index is 14.4. The minimum Gasteiger partial charge on any atom is -0.378 e. The number of thioether (sulfide) groups is 1. The lowest BCUT2D eigenvalue weighted by molar-refractivity contribution is -0.113. The second-order valence-corrected chi connectivity index (χ2v) is 5.95. The lowest BCUT2D eigenvalue weighted by atomic mass is 10.2. The van der Waals surface area contributed by atoms with E-state index in [-0.39, 0.29) is 28.1 Å². The van der Waals surface area contributed by atoms with Gasteiger partial charge in [-0.3, -0.25) is 4.79 Å². The fourth-order valence-corrected chi connectivity index (χ4v) is 2.72. The molecular formula is C14H15ClFN3O2S. The number of morpholine rings is 1. The Kier molecular flexibility index (Phi) is 6.31. The molecule has 8 heteroatoms. The van der Waals surface area contributed by atoms with Crippen LogP contribution in [0.15, 0.2) is 12.1 Å². The normalized spacial score (nSPS) is 14.5. The van der Waals surface area contributed by atoms with Crippen molar-refractivity contribution in [3.05, 3.63) is 23.0 Å². The Morgan fingerprint density at radius 3 is 2.91 bits per heavy atom. The number of amides is 1. The van der Waals surface area contributed by atoms with Gasteiger partial charge < -0.3 is 15.0 Å². The molecule has 2 rings (SSSR count). The van der Waals surface area contributed by atoms with Crippen molar-refractivity contribution in [3.63, 3.8) is 0 Å². The topological polar surface area (TPSA) is 65.4 Å². The Bertz CT molecular complexity index is 588. The molecule has 118 valence electrons. The summed E-state index contributed by atoms with van der Waals surface area (Å²) in [4.78, 5) is 13.7. The van der Waals surface area contributed by atoms with E-state index < -0.39 is 5.82 Å². The molecule has 5 nitrogen and oxygen atoms in total. The van der Waals surface area contributed by atoms with Crippen molar-refractivity contribution in [1.82, 2.24) is 0 Å². The first-order valence-electron chi connectivity index (χ1n) is 6.68. The van der Waals surface area contributed by atoms with Gasteiger partial charge >= 0.3 is 0 Å². The van der Waals surface area contributed by atoms with Crippen LogP contribution in [-0.4, -0.2) is 43.7 Å². The molecule has 1 fully saturated rings. The molecule has 0 aliphatic carbocycles. The van der Waals surface area contributed by atoms with E-state index in [1.807, 2.05) is 11.0 Å². The van der Waals surface area contributed by atoms with Crippen LogP contribution in [0.3, 0.4) is 0 Å². The Hall–Kier alpha value is -1.49. The van der Waals surface area contributed by atoms with E-state index in [1.165, 1.54) is 17.8 Å². The standard InChI is InChI=1S/C14H15ClFN3O2S/c15-10-1-2-11(18-12(20)9-22-8-3-17)14(13(10)16)19-4-6-21-7-5-19/h1-2H,4-9H2,(H,18,20). The fourth-order valence-electron chi connectivity index (χ4n) is 2.11. The van der Waals surface area contributed by atoms with Gasteiger partial charge in [-0.25, -0.2) is 4.39 Å². The zero-order chi connectivity index (χ0) is 15.9. The number of benzene rings is 1. The Labute approximate surface area is 137 Å². The van der Waals surface area contributed by atoms with Crippen molar-refractivity contribution in [2.45, 2.75) is 0 Å². The average molecular weight is 344 g/mol. The summed E-state index contributed by atoms with van der Waals surface area (Å²) in [5, 5.41) is 11.2.